The van der Waals surface area contributed by atoms with E-state index in [1.54, 1.807) is 6.07 Å². The second-order valence-electron chi connectivity index (χ2n) is 4.63. The first kappa shape index (κ1) is 12.7. The molecule has 0 aliphatic heterocycles. The van der Waals surface area contributed by atoms with Crippen LogP contribution in [0, 0.1) is 5.82 Å². The maximum absolute atomic E-state index is 13.5. The van der Waals surface area contributed by atoms with Crippen molar-refractivity contribution in [2.75, 3.05) is 0 Å². The monoisotopic (exact) mass is 226 g/mol. The van der Waals surface area contributed by atoms with Gasteiger partial charge in [0, 0.05) is 11.6 Å². The standard InChI is InChI=1S/C13H16F2O/c1-9(14)7-10-5-6-11(8-12(10)15)16-13(2,3)4/h5-8H,1-4H3. The van der Waals surface area contributed by atoms with E-state index in [2.05, 4.69) is 0 Å². The second kappa shape index (κ2) is 4.64. The fourth-order valence-electron chi connectivity index (χ4n) is 1.26. The Kier molecular flexibility index (Phi) is 3.68. The number of ether oxygens (including phenoxy) is 1. The van der Waals surface area contributed by atoms with Crippen molar-refractivity contribution in [3.8, 4) is 5.75 Å². The van der Waals surface area contributed by atoms with Crippen molar-refractivity contribution in [3.63, 3.8) is 0 Å². The molecular weight excluding hydrogens is 210 g/mol. The van der Waals surface area contributed by atoms with E-state index >= 15 is 0 Å². The molecule has 0 fully saturated rings. The molecule has 0 radical (unpaired) electrons. The summed E-state index contributed by atoms with van der Waals surface area (Å²) >= 11 is 0. The molecule has 0 N–H and O–H groups in total. The Morgan fingerprint density at radius 2 is 1.94 bits per heavy atom. The molecule has 0 saturated heterocycles. The minimum absolute atomic E-state index is 0.223. The van der Waals surface area contributed by atoms with E-state index in [0.717, 1.165) is 6.08 Å². The van der Waals surface area contributed by atoms with Gasteiger partial charge in [-0.25, -0.2) is 8.78 Å². The van der Waals surface area contributed by atoms with Crippen LogP contribution in [0.25, 0.3) is 6.08 Å². The van der Waals surface area contributed by atoms with Gasteiger partial charge in [-0.2, -0.15) is 0 Å². The lowest BCUT2D eigenvalue weighted by molar-refractivity contribution is 0.130. The minimum Gasteiger partial charge on any atom is -0.488 e. The lowest BCUT2D eigenvalue weighted by atomic mass is 10.1. The van der Waals surface area contributed by atoms with Gasteiger partial charge in [0.05, 0.1) is 5.83 Å². The van der Waals surface area contributed by atoms with Crippen LogP contribution in [-0.4, -0.2) is 5.60 Å². The molecule has 1 rings (SSSR count). The number of hydrogen-bond acceptors (Lipinski definition) is 1. The highest BCUT2D eigenvalue weighted by Crippen LogP contribution is 2.22. The molecule has 16 heavy (non-hydrogen) atoms. The van der Waals surface area contributed by atoms with Crippen LogP contribution in [0.15, 0.2) is 24.0 Å². The lowest BCUT2D eigenvalue weighted by Gasteiger charge is -2.21. The zero-order valence-electron chi connectivity index (χ0n) is 9.97. The molecule has 0 aromatic heterocycles. The first-order chi connectivity index (χ1) is 7.28. The van der Waals surface area contributed by atoms with E-state index in [9.17, 15) is 8.78 Å². The van der Waals surface area contributed by atoms with Gasteiger partial charge in [-0.05, 0) is 45.9 Å². The van der Waals surface area contributed by atoms with E-state index in [1.165, 1.54) is 19.1 Å². The summed E-state index contributed by atoms with van der Waals surface area (Å²) in [7, 11) is 0. The molecular formula is C13H16F2O. The summed E-state index contributed by atoms with van der Waals surface area (Å²) in [6.07, 6.45) is 1.15. The van der Waals surface area contributed by atoms with Crippen molar-refractivity contribution in [3.05, 3.63) is 35.4 Å². The second-order valence-corrected chi connectivity index (χ2v) is 4.63. The highest BCUT2D eigenvalue weighted by atomic mass is 19.1. The van der Waals surface area contributed by atoms with E-state index < -0.39 is 11.6 Å². The van der Waals surface area contributed by atoms with Crippen molar-refractivity contribution in [2.24, 2.45) is 0 Å². The molecule has 0 atom stereocenters. The Balaban J connectivity index is 2.96. The van der Waals surface area contributed by atoms with Crippen molar-refractivity contribution in [1.82, 2.24) is 0 Å². The molecule has 1 aromatic carbocycles. The third-order valence-corrected chi connectivity index (χ3v) is 1.75. The highest BCUT2D eigenvalue weighted by Gasteiger charge is 2.12. The van der Waals surface area contributed by atoms with Crippen molar-refractivity contribution >= 4 is 6.08 Å². The summed E-state index contributed by atoms with van der Waals surface area (Å²) in [5.41, 5.74) is -0.152. The fourth-order valence-corrected chi connectivity index (χ4v) is 1.26. The van der Waals surface area contributed by atoms with Gasteiger partial charge in [-0.1, -0.05) is 0 Å². The van der Waals surface area contributed by atoms with Gasteiger partial charge in [0.1, 0.15) is 17.2 Å². The quantitative estimate of drug-likeness (QED) is 0.729. The highest BCUT2D eigenvalue weighted by molar-refractivity contribution is 5.52. The van der Waals surface area contributed by atoms with E-state index in [1.807, 2.05) is 20.8 Å². The Bertz CT molecular complexity index is 399. The van der Waals surface area contributed by atoms with Crippen LogP contribution in [0.4, 0.5) is 8.78 Å². The Labute approximate surface area is 94.7 Å². The molecule has 0 unspecified atom stereocenters. The molecule has 0 spiro atoms. The largest absolute Gasteiger partial charge is 0.488 e. The van der Waals surface area contributed by atoms with Gasteiger partial charge in [0.2, 0.25) is 0 Å². The Morgan fingerprint density at radius 1 is 1.31 bits per heavy atom. The van der Waals surface area contributed by atoms with Gasteiger partial charge in [0.25, 0.3) is 0 Å². The number of allylic oxidation sites excluding steroid dienone is 1. The molecule has 0 amide bonds. The molecule has 0 aliphatic rings. The van der Waals surface area contributed by atoms with Crippen molar-refractivity contribution in [1.29, 1.82) is 0 Å². The average molecular weight is 226 g/mol. The molecule has 1 aromatic rings. The Hall–Kier alpha value is -1.38. The van der Waals surface area contributed by atoms with E-state index in [0.29, 0.717) is 5.75 Å². The Morgan fingerprint density at radius 3 is 2.38 bits per heavy atom. The molecule has 0 heterocycles. The molecule has 0 saturated carbocycles. The summed E-state index contributed by atoms with van der Waals surface area (Å²) in [4.78, 5) is 0. The van der Waals surface area contributed by atoms with Gasteiger partial charge in [0.15, 0.2) is 0 Å². The van der Waals surface area contributed by atoms with Crippen molar-refractivity contribution in [2.45, 2.75) is 33.3 Å². The number of rotatable bonds is 2. The summed E-state index contributed by atoms with van der Waals surface area (Å²) in [5.74, 6) is -0.471. The number of halogens is 2. The SMILES string of the molecule is CC(F)=Cc1ccc(OC(C)(C)C)cc1F. The van der Waals surface area contributed by atoms with Crippen LogP contribution in [0.2, 0.25) is 0 Å². The predicted octanol–water partition coefficient (Wildman–Crippen LogP) is 4.33. The zero-order valence-corrected chi connectivity index (χ0v) is 9.97. The van der Waals surface area contributed by atoms with Crippen molar-refractivity contribution < 1.29 is 13.5 Å². The predicted molar refractivity (Wildman–Crippen MR) is 61.5 cm³/mol. The minimum atomic E-state index is -0.487. The molecule has 0 aliphatic carbocycles. The van der Waals surface area contributed by atoms with Crippen LogP contribution in [0.1, 0.15) is 33.3 Å². The van der Waals surface area contributed by atoms with Gasteiger partial charge in [-0.15, -0.1) is 0 Å². The van der Waals surface area contributed by atoms with Gasteiger partial charge >= 0.3 is 0 Å². The van der Waals surface area contributed by atoms with E-state index in [4.69, 9.17) is 4.74 Å². The number of hydrogen-bond donors (Lipinski definition) is 0. The summed E-state index contributed by atoms with van der Waals surface area (Å²) in [6, 6.07) is 4.39. The maximum atomic E-state index is 13.5. The first-order valence-corrected chi connectivity index (χ1v) is 5.10. The molecule has 3 heteroatoms. The fraction of sp³-hybridized carbons (Fsp3) is 0.385. The average Bonchev–Trinajstić information content (AvgIpc) is 2.06. The van der Waals surface area contributed by atoms with Crippen LogP contribution in [0.5, 0.6) is 5.75 Å². The van der Waals surface area contributed by atoms with Gasteiger partial charge < -0.3 is 4.74 Å². The summed E-state index contributed by atoms with van der Waals surface area (Å²) < 4.78 is 31.6. The first-order valence-electron chi connectivity index (χ1n) is 5.10. The summed E-state index contributed by atoms with van der Waals surface area (Å²) in [5, 5.41) is 0. The van der Waals surface area contributed by atoms with Crippen LogP contribution < -0.4 is 4.74 Å². The van der Waals surface area contributed by atoms with Crippen LogP contribution in [-0.2, 0) is 0 Å². The molecule has 0 bridgehead atoms. The third-order valence-electron chi connectivity index (χ3n) is 1.75. The summed E-state index contributed by atoms with van der Waals surface area (Å²) in [6.45, 7) is 6.91. The third kappa shape index (κ3) is 4.01. The molecule has 88 valence electrons. The smallest absolute Gasteiger partial charge is 0.134 e. The topological polar surface area (TPSA) is 9.23 Å². The normalized spacial score (nSPS) is 12.8. The van der Waals surface area contributed by atoms with Crippen LogP contribution in [0.3, 0.4) is 0 Å². The van der Waals surface area contributed by atoms with Gasteiger partial charge in [-0.3, -0.25) is 0 Å². The zero-order chi connectivity index (χ0) is 12.3. The molecule has 1 nitrogen and oxygen atoms in total. The number of benzene rings is 1. The van der Waals surface area contributed by atoms with E-state index in [-0.39, 0.29) is 11.2 Å². The maximum Gasteiger partial charge on any atom is 0.134 e. The lowest BCUT2D eigenvalue weighted by Crippen LogP contribution is -2.22. The van der Waals surface area contributed by atoms with Crippen LogP contribution >= 0.6 is 0 Å².